The third-order valence-electron chi connectivity index (χ3n) is 5.01. The molecule has 148 valence electrons. The van der Waals surface area contributed by atoms with Crippen LogP contribution in [0.3, 0.4) is 0 Å². The summed E-state index contributed by atoms with van der Waals surface area (Å²) in [5.41, 5.74) is 3.52. The molecule has 2 aromatic carbocycles. The molecule has 2 N–H and O–H groups in total. The summed E-state index contributed by atoms with van der Waals surface area (Å²) in [5.74, 6) is -0.0271. The van der Waals surface area contributed by atoms with Crippen LogP contribution in [0, 0.1) is 0 Å². The number of hydrogen-bond acceptors (Lipinski definition) is 4. The summed E-state index contributed by atoms with van der Waals surface area (Å²) in [6, 6.07) is 15.0. The van der Waals surface area contributed by atoms with Crippen LogP contribution in [0.25, 0.3) is 0 Å². The lowest BCUT2D eigenvalue weighted by Crippen LogP contribution is -2.43. The smallest absolute Gasteiger partial charge is 0.319 e. The molecular formula is C22H28N4O2. The van der Waals surface area contributed by atoms with Gasteiger partial charge in [0.15, 0.2) is 5.78 Å². The number of likely N-dealkylation sites (N-methyl/N-ethyl adjacent to an activating group) is 1. The maximum absolute atomic E-state index is 12.1. The number of Topliss-reactive ketones (excluding diaryl/α,β-unsaturated/α-hetero) is 1. The van der Waals surface area contributed by atoms with Gasteiger partial charge in [-0.05, 0) is 37.2 Å². The fraction of sp³-hybridized carbons (Fsp3) is 0.364. The minimum Gasteiger partial charge on any atom is -0.334 e. The van der Waals surface area contributed by atoms with Gasteiger partial charge in [-0.25, -0.2) is 4.79 Å². The van der Waals surface area contributed by atoms with E-state index in [1.165, 1.54) is 12.5 Å². The fourth-order valence-electron chi connectivity index (χ4n) is 3.20. The molecule has 0 unspecified atom stereocenters. The van der Waals surface area contributed by atoms with Gasteiger partial charge >= 0.3 is 6.03 Å². The zero-order valence-corrected chi connectivity index (χ0v) is 16.6. The van der Waals surface area contributed by atoms with Crippen LogP contribution in [0.4, 0.5) is 10.5 Å². The summed E-state index contributed by atoms with van der Waals surface area (Å²) in [7, 11) is 2.16. The predicted molar refractivity (Wildman–Crippen MR) is 112 cm³/mol. The van der Waals surface area contributed by atoms with Crippen LogP contribution in [0.2, 0.25) is 0 Å². The molecule has 0 bridgehead atoms. The van der Waals surface area contributed by atoms with Crippen LogP contribution in [0.5, 0.6) is 0 Å². The first kappa shape index (κ1) is 20.0. The molecule has 1 saturated heterocycles. The van der Waals surface area contributed by atoms with Crippen molar-refractivity contribution in [3.63, 3.8) is 0 Å². The fourth-order valence-corrected chi connectivity index (χ4v) is 3.20. The van der Waals surface area contributed by atoms with Crippen LogP contribution in [-0.2, 0) is 13.1 Å². The molecule has 0 atom stereocenters. The van der Waals surface area contributed by atoms with Crippen LogP contribution in [-0.4, -0.2) is 54.8 Å². The monoisotopic (exact) mass is 380 g/mol. The van der Waals surface area contributed by atoms with Crippen molar-refractivity contribution in [2.45, 2.75) is 20.0 Å². The standard InChI is InChI=1S/C22H28N4O2/c1-17(27)20-4-3-5-21(14-20)24-22(28)23-15-18-6-8-19(9-7-18)16-26-12-10-25(2)11-13-26/h3-9,14H,10-13,15-16H2,1-2H3,(H2,23,24,28). The summed E-state index contributed by atoms with van der Waals surface area (Å²) >= 11 is 0. The Hall–Kier alpha value is -2.70. The van der Waals surface area contributed by atoms with Crippen molar-refractivity contribution < 1.29 is 9.59 Å². The second kappa shape index (κ2) is 9.48. The molecule has 6 heteroatoms. The molecular weight excluding hydrogens is 352 g/mol. The third kappa shape index (κ3) is 5.90. The summed E-state index contributed by atoms with van der Waals surface area (Å²) in [4.78, 5) is 28.4. The molecule has 0 saturated carbocycles. The predicted octanol–water partition coefficient (Wildman–Crippen LogP) is 2.96. The maximum atomic E-state index is 12.1. The zero-order valence-electron chi connectivity index (χ0n) is 16.6. The van der Waals surface area contributed by atoms with Crippen molar-refractivity contribution in [2.75, 3.05) is 38.5 Å². The molecule has 1 aliphatic heterocycles. The first-order valence-corrected chi connectivity index (χ1v) is 9.64. The number of carbonyl (C=O) groups excluding carboxylic acids is 2. The number of piperazine rings is 1. The lowest BCUT2D eigenvalue weighted by molar-refractivity contribution is 0.101. The number of benzene rings is 2. The number of hydrogen-bond donors (Lipinski definition) is 2. The number of carbonyl (C=O) groups is 2. The van der Waals surface area contributed by atoms with E-state index < -0.39 is 0 Å². The highest BCUT2D eigenvalue weighted by atomic mass is 16.2. The van der Waals surface area contributed by atoms with Gasteiger partial charge in [0.05, 0.1) is 0 Å². The van der Waals surface area contributed by atoms with Crippen molar-refractivity contribution >= 4 is 17.5 Å². The topological polar surface area (TPSA) is 64.7 Å². The van der Waals surface area contributed by atoms with Crippen LogP contribution in [0.15, 0.2) is 48.5 Å². The van der Waals surface area contributed by atoms with Crippen molar-refractivity contribution in [3.8, 4) is 0 Å². The SMILES string of the molecule is CC(=O)c1cccc(NC(=O)NCc2ccc(CN3CCN(C)CC3)cc2)c1. The third-order valence-corrected chi connectivity index (χ3v) is 5.01. The average Bonchev–Trinajstić information content (AvgIpc) is 2.69. The van der Waals surface area contributed by atoms with Crippen LogP contribution < -0.4 is 10.6 Å². The number of urea groups is 1. The summed E-state index contributed by atoms with van der Waals surface area (Å²) in [6.45, 7) is 7.36. The minimum atomic E-state index is -0.290. The Labute approximate surface area is 166 Å². The molecule has 0 radical (unpaired) electrons. The number of rotatable bonds is 6. The van der Waals surface area contributed by atoms with Gasteiger partial charge in [0.2, 0.25) is 0 Å². The molecule has 2 aromatic rings. The Morgan fingerprint density at radius 3 is 2.32 bits per heavy atom. The van der Waals surface area contributed by atoms with E-state index in [2.05, 4.69) is 51.7 Å². The van der Waals surface area contributed by atoms with Gasteiger partial charge in [-0.3, -0.25) is 9.69 Å². The maximum Gasteiger partial charge on any atom is 0.319 e. The molecule has 0 aromatic heterocycles. The van der Waals surface area contributed by atoms with E-state index in [-0.39, 0.29) is 11.8 Å². The summed E-state index contributed by atoms with van der Waals surface area (Å²) in [5, 5.41) is 5.61. The van der Waals surface area contributed by atoms with Crippen molar-refractivity contribution in [1.29, 1.82) is 0 Å². The van der Waals surface area contributed by atoms with E-state index in [1.54, 1.807) is 24.3 Å². The molecule has 3 rings (SSSR count). The van der Waals surface area contributed by atoms with E-state index in [0.29, 0.717) is 17.8 Å². The van der Waals surface area contributed by atoms with Gasteiger partial charge < -0.3 is 15.5 Å². The van der Waals surface area contributed by atoms with Gasteiger partial charge in [0, 0.05) is 50.5 Å². The van der Waals surface area contributed by atoms with Crippen molar-refractivity contribution in [3.05, 3.63) is 65.2 Å². The molecule has 6 nitrogen and oxygen atoms in total. The highest BCUT2D eigenvalue weighted by Gasteiger charge is 2.13. The van der Waals surface area contributed by atoms with Crippen molar-refractivity contribution in [2.24, 2.45) is 0 Å². The Kier molecular flexibility index (Phi) is 6.79. The first-order chi connectivity index (χ1) is 13.5. The lowest BCUT2D eigenvalue weighted by atomic mass is 10.1. The molecule has 1 aliphatic rings. The number of nitrogens with one attached hydrogen (secondary N) is 2. The highest BCUT2D eigenvalue weighted by molar-refractivity contribution is 5.96. The normalized spacial score (nSPS) is 15.2. The Morgan fingerprint density at radius 1 is 0.964 bits per heavy atom. The van der Waals surface area contributed by atoms with Gasteiger partial charge in [-0.1, -0.05) is 36.4 Å². The molecule has 2 amide bonds. The zero-order chi connectivity index (χ0) is 19.9. The Morgan fingerprint density at radius 2 is 1.64 bits per heavy atom. The van der Waals surface area contributed by atoms with Gasteiger partial charge in [-0.15, -0.1) is 0 Å². The van der Waals surface area contributed by atoms with E-state index in [9.17, 15) is 9.59 Å². The number of amides is 2. The molecule has 0 spiro atoms. The Balaban J connectivity index is 1.46. The first-order valence-electron chi connectivity index (χ1n) is 9.64. The second-order valence-corrected chi connectivity index (χ2v) is 7.34. The molecule has 0 aliphatic carbocycles. The van der Waals surface area contributed by atoms with E-state index in [1.807, 2.05) is 0 Å². The quantitative estimate of drug-likeness (QED) is 0.757. The number of ketones is 1. The van der Waals surface area contributed by atoms with Crippen molar-refractivity contribution in [1.82, 2.24) is 15.1 Å². The van der Waals surface area contributed by atoms with Gasteiger partial charge in [0.25, 0.3) is 0 Å². The Bertz CT molecular complexity index is 812. The molecule has 28 heavy (non-hydrogen) atoms. The van der Waals surface area contributed by atoms with Crippen LogP contribution in [0.1, 0.15) is 28.4 Å². The van der Waals surface area contributed by atoms with E-state index in [4.69, 9.17) is 0 Å². The van der Waals surface area contributed by atoms with Gasteiger partial charge in [0.1, 0.15) is 0 Å². The summed E-state index contributed by atoms with van der Waals surface area (Å²) in [6.07, 6.45) is 0. The van der Waals surface area contributed by atoms with Gasteiger partial charge in [-0.2, -0.15) is 0 Å². The number of anilines is 1. The van der Waals surface area contributed by atoms with Crippen LogP contribution >= 0.6 is 0 Å². The highest BCUT2D eigenvalue weighted by Crippen LogP contribution is 2.12. The number of nitrogens with zero attached hydrogens (tertiary/aromatic N) is 2. The second-order valence-electron chi connectivity index (χ2n) is 7.34. The lowest BCUT2D eigenvalue weighted by Gasteiger charge is -2.32. The largest absolute Gasteiger partial charge is 0.334 e. The molecule has 1 fully saturated rings. The minimum absolute atomic E-state index is 0.0271. The molecule has 1 heterocycles. The summed E-state index contributed by atoms with van der Waals surface area (Å²) < 4.78 is 0. The van der Waals surface area contributed by atoms with E-state index in [0.717, 1.165) is 38.3 Å². The van der Waals surface area contributed by atoms with E-state index >= 15 is 0 Å². The average molecular weight is 380 g/mol.